The maximum absolute atomic E-state index is 13.6. The van der Waals surface area contributed by atoms with Crippen LogP contribution in [0, 0.1) is 18.6 Å². The fourth-order valence-electron chi connectivity index (χ4n) is 2.39. The quantitative estimate of drug-likeness (QED) is 0.779. The van der Waals surface area contributed by atoms with Crippen LogP contribution >= 0.6 is 0 Å². The van der Waals surface area contributed by atoms with Gasteiger partial charge in [-0.1, -0.05) is 6.07 Å². The van der Waals surface area contributed by atoms with Crippen LogP contribution in [-0.2, 0) is 11.3 Å². The van der Waals surface area contributed by atoms with Gasteiger partial charge in [-0.3, -0.25) is 19.1 Å². The Balaban J connectivity index is 1.83. The fraction of sp³-hybridized carbons (Fsp3) is 0.111. The number of halogens is 2. The van der Waals surface area contributed by atoms with E-state index in [2.05, 4.69) is 15.3 Å². The minimum Gasteiger partial charge on any atom is -0.322 e. The predicted molar refractivity (Wildman–Crippen MR) is 91.5 cm³/mol. The van der Waals surface area contributed by atoms with Crippen molar-refractivity contribution in [1.82, 2.24) is 14.5 Å². The Bertz CT molecular complexity index is 1020. The Kier molecular flexibility index (Phi) is 4.83. The molecule has 0 bridgehead atoms. The smallest absolute Gasteiger partial charge is 0.254 e. The summed E-state index contributed by atoms with van der Waals surface area (Å²) in [5, 5.41) is 2.25. The molecule has 0 unspecified atom stereocenters. The Hall–Kier alpha value is -3.42. The zero-order chi connectivity index (χ0) is 18.7. The highest BCUT2D eigenvalue weighted by molar-refractivity contribution is 5.90. The molecule has 0 aliphatic heterocycles. The van der Waals surface area contributed by atoms with E-state index in [0.29, 0.717) is 17.2 Å². The summed E-state index contributed by atoms with van der Waals surface area (Å²) in [5.41, 5.74) is 0.179. The zero-order valence-electron chi connectivity index (χ0n) is 13.7. The minimum atomic E-state index is -0.771. The van der Waals surface area contributed by atoms with Crippen LogP contribution in [0.2, 0.25) is 0 Å². The van der Waals surface area contributed by atoms with Gasteiger partial charge in [0, 0.05) is 18.3 Å². The molecule has 6 nitrogen and oxygen atoms in total. The summed E-state index contributed by atoms with van der Waals surface area (Å²) in [6.45, 7) is 1.19. The first-order valence-corrected chi connectivity index (χ1v) is 7.69. The van der Waals surface area contributed by atoms with Gasteiger partial charge in [0.05, 0.1) is 17.1 Å². The zero-order valence-corrected chi connectivity index (χ0v) is 13.7. The van der Waals surface area contributed by atoms with E-state index < -0.39 is 23.1 Å². The number of anilines is 1. The van der Waals surface area contributed by atoms with Crippen LogP contribution in [0.15, 0.2) is 53.5 Å². The van der Waals surface area contributed by atoms with E-state index in [1.165, 1.54) is 6.07 Å². The molecule has 132 valence electrons. The van der Waals surface area contributed by atoms with Crippen molar-refractivity contribution < 1.29 is 13.6 Å². The molecule has 1 aromatic carbocycles. The number of nitrogens with zero attached hydrogens (tertiary/aromatic N) is 3. The molecule has 8 heteroatoms. The van der Waals surface area contributed by atoms with Crippen molar-refractivity contribution in [3.05, 3.63) is 76.5 Å². The highest BCUT2D eigenvalue weighted by Crippen LogP contribution is 2.15. The second kappa shape index (κ2) is 7.22. The molecule has 0 fully saturated rings. The molecular weight excluding hydrogens is 342 g/mol. The number of aryl methyl sites for hydroxylation is 1. The number of amides is 1. The van der Waals surface area contributed by atoms with Crippen LogP contribution in [0.25, 0.3) is 11.4 Å². The first-order chi connectivity index (χ1) is 12.4. The van der Waals surface area contributed by atoms with Crippen molar-refractivity contribution in [2.45, 2.75) is 13.5 Å². The van der Waals surface area contributed by atoms with Crippen molar-refractivity contribution in [3.8, 4) is 11.4 Å². The minimum absolute atomic E-state index is 0.293. The molecule has 0 saturated heterocycles. The molecule has 26 heavy (non-hydrogen) atoms. The standard InChI is InChI=1S/C18H14F2N4O2/c1-11-22-16(14-4-2-3-7-21-14)9-18(26)24(11)10-17(25)23-15-8-12(19)5-6-13(15)20/h2-9H,10H2,1H3,(H,23,25). The number of hydrogen-bond donors (Lipinski definition) is 1. The number of carbonyl (C=O) groups excluding carboxylic acids is 1. The highest BCUT2D eigenvalue weighted by atomic mass is 19.1. The molecule has 0 saturated carbocycles. The van der Waals surface area contributed by atoms with E-state index in [1.54, 1.807) is 31.3 Å². The summed E-state index contributed by atoms with van der Waals surface area (Å²) in [6, 6.07) is 9.21. The normalized spacial score (nSPS) is 10.6. The molecule has 1 N–H and O–H groups in total. The second-order valence-corrected chi connectivity index (χ2v) is 5.50. The molecule has 0 spiro atoms. The van der Waals surface area contributed by atoms with Crippen molar-refractivity contribution >= 4 is 11.6 Å². The van der Waals surface area contributed by atoms with Crippen LogP contribution in [0.3, 0.4) is 0 Å². The van der Waals surface area contributed by atoms with Crippen molar-refractivity contribution in [2.75, 3.05) is 5.32 Å². The second-order valence-electron chi connectivity index (χ2n) is 5.50. The molecule has 0 aliphatic carbocycles. The lowest BCUT2D eigenvalue weighted by Gasteiger charge is -2.11. The highest BCUT2D eigenvalue weighted by Gasteiger charge is 2.13. The molecule has 0 atom stereocenters. The predicted octanol–water partition coefficient (Wildman–Crippen LogP) is 2.53. The van der Waals surface area contributed by atoms with Crippen LogP contribution in [0.1, 0.15) is 5.82 Å². The van der Waals surface area contributed by atoms with Crippen molar-refractivity contribution in [2.24, 2.45) is 0 Å². The van der Waals surface area contributed by atoms with E-state index in [4.69, 9.17) is 0 Å². The van der Waals surface area contributed by atoms with E-state index >= 15 is 0 Å². The third-order valence-electron chi connectivity index (χ3n) is 3.63. The lowest BCUT2D eigenvalue weighted by Crippen LogP contribution is -2.30. The number of rotatable bonds is 4. The van der Waals surface area contributed by atoms with Crippen LogP contribution < -0.4 is 10.9 Å². The van der Waals surface area contributed by atoms with Gasteiger partial charge < -0.3 is 5.32 Å². The number of benzene rings is 1. The van der Waals surface area contributed by atoms with E-state index in [0.717, 1.165) is 22.8 Å². The number of aromatic nitrogens is 3. The monoisotopic (exact) mass is 356 g/mol. The lowest BCUT2D eigenvalue weighted by molar-refractivity contribution is -0.116. The number of hydrogen-bond acceptors (Lipinski definition) is 4. The summed E-state index contributed by atoms with van der Waals surface area (Å²) in [6.07, 6.45) is 1.58. The summed E-state index contributed by atoms with van der Waals surface area (Å²) < 4.78 is 27.9. The fourth-order valence-corrected chi connectivity index (χ4v) is 2.39. The van der Waals surface area contributed by atoms with Gasteiger partial charge in [-0.05, 0) is 31.2 Å². The van der Waals surface area contributed by atoms with Gasteiger partial charge in [0.15, 0.2) is 0 Å². The Labute approximate surface area is 147 Å². The van der Waals surface area contributed by atoms with Gasteiger partial charge in [0.2, 0.25) is 5.91 Å². The van der Waals surface area contributed by atoms with Gasteiger partial charge in [-0.15, -0.1) is 0 Å². The first kappa shape index (κ1) is 17.4. The largest absolute Gasteiger partial charge is 0.322 e. The topological polar surface area (TPSA) is 76.9 Å². The lowest BCUT2D eigenvalue weighted by atomic mass is 10.2. The average Bonchev–Trinajstić information content (AvgIpc) is 2.62. The maximum atomic E-state index is 13.6. The summed E-state index contributed by atoms with van der Waals surface area (Å²) in [4.78, 5) is 32.8. The first-order valence-electron chi connectivity index (χ1n) is 7.69. The summed E-state index contributed by atoms with van der Waals surface area (Å²) in [5.74, 6) is -1.83. The SMILES string of the molecule is Cc1nc(-c2ccccn2)cc(=O)n1CC(=O)Nc1cc(F)ccc1F. The van der Waals surface area contributed by atoms with Crippen LogP contribution in [0.5, 0.6) is 0 Å². The number of pyridine rings is 1. The van der Waals surface area contributed by atoms with E-state index in [-0.39, 0.29) is 12.2 Å². The van der Waals surface area contributed by atoms with E-state index in [9.17, 15) is 18.4 Å². The van der Waals surface area contributed by atoms with Gasteiger partial charge in [-0.25, -0.2) is 13.8 Å². The van der Waals surface area contributed by atoms with Crippen LogP contribution in [-0.4, -0.2) is 20.4 Å². The third-order valence-corrected chi connectivity index (χ3v) is 3.63. The van der Waals surface area contributed by atoms with Gasteiger partial charge in [0.25, 0.3) is 5.56 Å². The molecule has 0 radical (unpaired) electrons. The Morgan fingerprint density at radius 2 is 1.96 bits per heavy atom. The van der Waals surface area contributed by atoms with Gasteiger partial charge >= 0.3 is 0 Å². The molecule has 3 aromatic rings. The molecule has 3 rings (SSSR count). The van der Waals surface area contributed by atoms with Gasteiger partial charge in [0.1, 0.15) is 24.0 Å². The molecule has 0 aliphatic rings. The summed E-state index contributed by atoms with van der Waals surface area (Å²) in [7, 11) is 0. The third kappa shape index (κ3) is 3.80. The van der Waals surface area contributed by atoms with Crippen LogP contribution in [0.4, 0.5) is 14.5 Å². The summed E-state index contributed by atoms with van der Waals surface area (Å²) >= 11 is 0. The van der Waals surface area contributed by atoms with Crippen molar-refractivity contribution in [3.63, 3.8) is 0 Å². The average molecular weight is 356 g/mol. The molecule has 1 amide bonds. The van der Waals surface area contributed by atoms with E-state index in [1.807, 2.05) is 0 Å². The molecule has 2 heterocycles. The Morgan fingerprint density at radius 3 is 2.65 bits per heavy atom. The number of nitrogens with one attached hydrogen (secondary N) is 1. The molecular formula is C18H14F2N4O2. The number of carbonyl (C=O) groups is 1. The van der Waals surface area contributed by atoms with Gasteiger partial charge in [-0.2, -0.15) is 0 Å². The van der Waals surface area contributed by atoms with Crippen molar-refractivity contribution in [1.29, 1.82) is 0 Å². The maximum Gasteiger partial charge on any atom is 0.254 e. The Morgan fingerprint density at radius 1 is 1.15 bits per heavy atom. The molecule has 2 aromatic heterocycles.